The molecule has 2 aliphatic rings. The van der Waals surface area contributed by atoms with E-state index in [9.17, 15) is 4.79 Å². The third-order valence-electron chi connectivity index (χ3n) is 7.07. The van der Waals surface area contributed by atoms with Gasteiger partial charge in [-0.2, -0.15) is 0 Å². The van der Waals surface area contributed by atoms with Crippen molar-refractivity contribution in [2.24, 2.45) is 5.92 Å². The molecule has 0 unspecified atom stereocenters. The number of aryl methyl sites for hydroxylation is 1. The van der Waals surface area contributed by atoms with Crippen LogP contribution in [0, 0.1) is 12.8 Å². The first kappa shape index (κ1) is 21.9. The number of hydrogen-bond acceptors (Lipinski definition) is 6. The molecule has 7 nitrogen and oxygen atoms in total. The van der Waals surface area contributed by atoms with E-state index in [4.69, 9.17) is 9.40 Å². The lowest BCUT2D eigenvalue weighted by Crippen LogP contribution is -2.35. The molecule has 1 fully saturated rings. The van der Waals surface area contributed by atoms with Crippen molar-refractivity contribution in [2.75, 3.05) is 18.4 Å². The van der Waals surface area contributed by atoms with Crippen LogP contribution in [0.5, 0.6) is 0 Å². The lowest BCUT2D eigenvalue weighted by molar-refractivity contribution is -0.117. The summed E-state index contributed by atoms with van der Waals surface area (Å²) in [6.45, 7) is 8.49. The fourth-order valence-electron chi connectivity index (χ4n) is 4.74. The smallest absolute Gasteiger partial charge is 0.229 e. The summed E-state index contributed by atoms with van der Waals surface area (Å²) in [5.41, 5.74) is 5.74. The SMILES string of the molecule is Cc1ncc(-c2nc3cc(C4=CCCN(C(C)C)C4)ccc3o2)c2cc(NC(=O)C3CC3)ncc12. The Morgan fingerprint density at radius 2 is 2.00 bits per heavy atom. The quantitative estimate of drug-likeness (QED) is 0.412. The molecule has 0 saturated heterocycles. The normalized spacial score (nSPS) is 16.7. The van der Waals surface area contributed by atoms with Gasteiger partial charge >= 0.3 is 0 Å². The number of hydrogen-bond donors (Lipinski definition) is 1. The molecule has 3 aromatic heterocycles. The van der Waals surface area contributed by atoms with Gasteiger partial charge in [0, 0.05) is 53.9 Å². The van der Waals surface area contributed by atoms with Gasteiger partial charge in [-0.05, 0) is 69.4 Å². The average Bonchev–Trinajstić information content (AvgIpc) is 3.63. The van der Waals surface area contributed by atoms with Gasteiger partial charge in [0.15, 0.2) is 5.58 Å². The van der Waals surface area contributed by atoms with Crippen molar-refractivity contribution < 1.29 is 9.21 Å². The van der Waals surface area contributed by atoms with E-state index in [1.807, 2.05) is 19.1 Å². The third-order valence-corrected chi connectivity index (χ3v) is 7.07. The van der Waals surface area contributed by atoms with Gasteiger partial charge in [-0.1, -0.05) is 12.1 Å². The largest absolute Gasteiger partial charge is 0.436 e. The fraction of sp³-hybridized carbons (Fsp3) is 0.357. The van der Waals surface area contributed by atoms with Crippen molar-refractivity contribution in [3.8, 4) is 11.5 Å². The van der Waals surface area contributed by atoms with E-state index in [2.05, 4.69) is 52.2 Å². The summed E-state index contributed by atoms with van der Waals surface area (Å²) in [4.78, 5) is 28.6. The van der Waals surface area contributed by atoms with E-state index in [-0.39, 0.29) is 11.8 Å². The second kappa shape index (κ2) is 8.57. The first-order valence-corrected chi connectivity index (χ1v) is 12.4. The third kappa shape index (κ3) is 4.21. The minimum absolute atomic E-state index is 0.0339. The number of amides is 1. The van der Waals surface area contributed by atoms with E-state index in [0.717, 1.165) is 65.5 Å². The van der Waals surface area contributed by atoms with Gasteiger partial charge in [-0.15, -0.1) is 0 Å². The van der Waals surface area contributed by atoms with Crippen molar-refractivity contribution in [1.82, 2.24) is 19.9 Å². The fourth-order valence-corrected chi connectivity index (χ4v) is 4.74. The Bertz CT molecular complexity index is 1480. The number of rotatable bonds is 5. The minimum atomic E-state index is 0.0339. The van der Waals surface area contributed by atoms with E-state index in [0.29, 0.717) is 17.8 Å². The number of benzene rings is 1. The molecule has 0 radical (unpaired) electrons. The van der Waals surface area contributed by atoms with Crippen LogP contribution in [0.4, 0.5) is 5.82 Å². The zero-order valence-corrected chi connectivity index (χ0v) is 20.3. The predicted octanol–water partition coefficient (Wildman–Crippen LogP) is 5.59. The van der Waals surface area contributed by atoms with Crippen molar-refractivity contribution >= 4 is 39.2 Å². The standard InChI is InChI=1S/C28H29N5O2/c1-16(2)33-10-4-5-20(15-33)19-8-9-25-24(11-19)31-28(35-25)23-14-29-17(3)22-13-30-26(12-21(22)23)32-27(34)18-6-7-18/h5,8-9,11-14,16,18H,4,6-7,10,15H2,1-3H3,(H,30,32,34). The van der Waals surface area contributed by atoms with Crippen molar-refractivity contribution in [3.63, 3.8) is 0 Å². The molecule has 0 atom stereocenters. The zero-order valence-electron chi connectivity index (χ0n) is 20.3. The van der Waals surface area contributed by atoms with Gasteiger partial charge in [0.05, 0.1) is 5.56 Å². The summed E-state index contributed by atoms with van der Waals surface area (Å²) >= 11 is 0. The summed E-state index contributed by atoms with van der Waals surface area (Å²) in [7, 11) is 0. The van der Waals surface area contributed by atoms with E-state index < -0.39 is 0 Å². The maximum atomic E-state index is 12.3. The molecule has 1 amide bonds. The summed E-state index contributed by atoms with van der Waals surface area (Å²) in [6.07, 6.45) is 8.85. The molecule has 1 aromatic carbocycles. The van der Waals surface area contributed by atoms with Gasteiger partial charge in [-0.3, -0.25) is 14.7 Å². The van der Waals surface area contributed by atoms with Crippen LogP contribution in [0.25, 0.3) is 38.9 Å². The summed E-state index contributed by atoms with van der Waals surface area (Å²) < 4.78 is 6.18. The highest BCUT2D eigenvalue weighted by Gasteiger charge is 2.30. The number of anilines is 1. The van der Waals surface area contributed by atoms with Crippen LogP contribution in [0.3, 0.4) is 0 Å². The number of aromatic nitrogens is 3. The molecule has 35 heavy (non-hydrogen) atoms. The van der Waals surface area contributed by atoms with Crippen molar-refractivity contribution in [1.29, 1.82) is 0 Å². The van der Waals surface area contributed by atoms with Gasteiger partial charge in [0.1, 0.15) is 11.3 Å². The van der Waals surface area contributed by atoms with Crippen LogP contribution in [0.2, 0.25) is 0 Å². The first-order valence-electron chi connectivity index (χ1n) is 12.4. The number of carbonyl (C=O) groups is 1. The lowest BCUT2D eigenvalue weighted by atomic mass is 10.00. The van der Waals surface area contributed by atoms with Crippen molar-refractivity contribution in [3.05, 3.63) is 54.0 Å². The molecule has 1 aliphatic carbocycles. The zero-order chi connectivity index (χ0) is 24.1. The van der Waals surface area contributed by atoms with Crippen LogP contribution in [-0.4, -0.2) is 44.9 Å². The number of nitrogens with zero attached hydrogens (tertiary/aromatic N) is 4. The molecule has 0 spiro atoms. The number of oxazole rings is 1. The molecule has 1 N–H and O–H groups in total. The average molecular weight is 468 g/mol. The maximum Gasteiger partial charge on any atom is 0.229 e. The Morgan fingerprint density at radius 3 is 2.80 bits per heavy atom. The Kier molecular flexibility index (Phi) is 5.37. The molecule has 4 heterocycles. The number of pyridine rings is 2. The van der Waals surface area contributed by atoms with Crippen LogP contribution < -0.4 is 5.32 Å². The first-order chi connectivity index (χ1) is 17.0. The molecular formula is C28H29N5O2. The van der Waals surface area contributed by atoms with Crippen molar-refractivity contribution in [2.45, 2.75) is 46.1 Å². The molecule has 6 rings (SSSR count). The Hall–Kier alpha value is -3.58. The Morgan fingerprint density at radius 1 is 1.14 bits per heavy atom. The highest BCUT2D eigenvalue weighted by molar-refractivity contribution is 6.00. The number of nitrogens with one attached hydrogen (secondary N) is 1. The van der Waals surface area contributed by atoms with Crippen LogP contribution in [0.15, 0.2) is 47.2 Å². The lowest BCUT2D eigenvalue weighted by Gasteiger charge is -2.30. The maximum absolute atomic E-state index is 12.3. The van der Waals surface area contributed by atoms with E-state index in [1.54, 1.807) is 12.4 Å². The Labute approximate surface area is 204 Å². The topological polar surface area (TPSA) is 84.2 Å². The molecule has 0 bridgehead atoms. The van der Waals surface area contributed by atoms with E-state index >= 15 is 0 Å². The number of carbonyl (C=O) groups excluding carboxylic acids is 1. The molecule has 7 heteroatoms. The monoisotopic (exact) mass is 467 g/mol. The summed E-state index contributed by atoms with van der Waals surface area (Å²) in [5, 5.41) is 4.77. The molecule has 1 aliphatic heterocycles. The van der Waals surface area contributed by atoms with Crippen LogP contribution in [0.1, 0.15) is 44.4 Å². The highest BCUT2D eigenvalue weighted by atomic mass is 16.3. The van der Waals surface area contributed by atoms with Gasteiger partial charge in [-0.25, -0.2) is 9.97 Å². The molecule has 4 aromatic rings. The van der Waals surface area contributed by atoms with Gasteiger partial charge < -0.3 is 9.73 Å². The van der Waals surface area contributed by atoms with Gasteiger partial charge in [0.25, 0.3) is 0 Å². The predicted molar refractivity (Wildman–Crippen MR) is 138 cm³/mol. The van der Waals surface area contributed by atoms with Crippen LogP contribution >= 0.6 is 0 Å². The highest BCUT2D eigenvalue weighted by Crippen LogP contribution is 2.34. The second-order valence-corrected chi connectivity index (χ2v) is 9.92. The molecule has 1 saturated carbocycles. The Balaban J connectivity index is 1.37. The van der Waals surface area contributed by atoms with E-state index in [1.165, 1.54) is 11.1 Å². The van der Waals surface area contributed by atoms with Gasteiger partial charge in [0.2, 0.25) is 11.8 Å². The summed E-state index contributed by atoms with van der Waals surface area (Å²) in [6, 6.07) is 8.66. The second-order valence-electron chi connectivity index (χ2n) is 9.92. The molecular weight excluding hydrogens is 438 g/mol. The number of fused-ring (bicyclic) bond motifs is 2. The molecule has 178 valence electrons. The van der Waals surface area contributed by atoms with Crippen LogP contribution in [-0.2, 0) is 4.79 Å². The minimum Gasteiger partial charge on any atom is -0.436 e. The summed E-state index contributed by atoms with van der Waals surface area (Å²) in [5.74, 6) is 1.20.